The van der Waals surface area contributed by atoms with E-state index in [2.05, 4.69) is 27.4 Å². The van der Waals surface area contributed by atoms with E-state index < -0.39 is 0 Å². The average Bonchev–Trinajstić information content (AvgIpc) is 3.45. The summed E-state index contributed by atoms with van der Waals surface area (Å²) in [5.41, 5.74) is 2.24. The van der Waals surface area contributed by atoms with E-state index in [1.165, 1.54) is 16.9 Å². The quantitative estimate of drug-likeness (QED) is 0.603. The fourth-order valence-electron chi connectivity index (χ4n) is 3.12. The van der Waals surface area contributed by atoms with Gasteiger partial charge in [0.2, 0.25) is 12.7 Å². The second kappa shape index (κ2) is 9.34. The highest BCUT2D eigenvalue weighted by molar-refractivity contribution is 7.15. The summed E-state index contributed by atoms with van der Waals surface area (Å²) in [6.07, 6.45) is 8.77. The van der Waals surface area contributed by atoms with Gasteiger partial charge in [-0.3, -0.25) is 9.78 Å². The van der Waals surface area contributed by atoms with E-state index >= 15 is 0 Å². The zero-order chi connectivity index (χ0) is 19.9. The molecule has 1 N–H and O–H groups in total. The van der Waals surface area contributed by atoms with E-state index in [4.69, 9.17) is 9.47 Å². The summed E-state index contributed by atoms with van der Waals surface area (Å²) < 4.78 is 10.9. The third kappa shape index (κ3) is 5.20. The summed E-state index contributed by atoms with van der Waals surface area (Å²) in [4.78, 5) is 21.8. The van der Waals surface area contributed by atoms with Crippen molar-refractivity contribution in [3.05, 3.63) is 89.1 Å². The number of ether oxygens (including phenoxy) is 2. The molecule has 2 aromatic heterocycles. The van der Waals surface area contributed by atoms with Crippen molar-refractivity contribution in [1.29, 1.82) is 0 Å². The molecule has 0 radical (unpaired) electrons. The lowest BCUT2D eigenvalue weighted by Crippen LogP contribution is -2.12. The molecule has 7 heteroatoms. The molecule has 0 fully saturated rings. The van der Waals surface area contributed by atoms with Crippen LogP contribution in [0.1, 0.15) is 28.3 Å². The summed E-state index contributed by atoms with van der Waals surface area (Å²) in [5, 5.41) is 3.49. The number of aryl methyl sites for hydroxylation is 1. The number of allylic oxidation sites excluding steroid dienone is 1. The lowest BCUT2D eigenvalue weighted by Gasteiger charge is -2.15. The number of aromatic nitrogens is 2. The molecule has 4 rings (SSSR count). The lowest BCUT2D eigenvalue weighted by molar-refractivity contribution is -0.116. The maximum atomic E-state index is 12.3. The number of pyridine rings is 1. The van der Waals surface area contributed by atoms with Gasteiger partial charge in [-0.05, 0) is 30.0 Å². The number of carbonyl (C=O) groups is 1. The third-order valence-corrected chi connectivity index (χ3v) is 5.62. The zero-order valence-electron chi connectivity index (χ0n) is 15.8. The molecule has 0 bridgehead atoms. The van der Waals surface area contributed by atoms with E-state index in [-0.39, 0.29) is 18.6 Å². The summed E-state index contributed by atoms with van der Waals surface area (Å²) in [6.45, 7) is 0.233. The van der Waals surface area contributed by atoms with E-state index in [9.17, 15) is 4.79 Å². The van der Waals surface area contributed by atoms with Crippen LogP contribution in [0.15, 0.2) is 73.1 Å². The van der Waals surface area contributed by atoms with Crippen LogP contribution in [0.2, 0.25) is 0 Å². The summed E-state index contributed by atoms with van der Waals surface area (Å²) in [5.74, 6) is 0.722. The topological polar surface area (TPSA) is 73.3 Å². The van der Waals surface area contributed by atoms with Gasteiger partial charge in [-0.25, -0.2) is 4.98 Å². The first-order valence-corrected chi connectivity index (χ1v) is 10.2. The average molecular weight is 407 g/mol. The highest BCUT2D eigenvalue weighted by atomic mass is 32.1. The van der Waals surface area contributed by atoms with Crippen molar-refractivity contribution < 1.29 is 14.3 Å². The molecular formula is C22H21N3O3S. The first kappa shape index (κ1) is 19.1. The zero-order valence-corrected chi connectivity index (χ0v) is 16.6. The Bertz CT molecular complexity index is 973. The van der Waals surface area contributed by atoms with Gasteiger partial charge in [0.15, 0.2) is 5.13 Å². The summed E-state index contributed by atoms with van der Waals surface area (Å²) in [6, 6.07) is 14.1. The highest BCUT2D eigenvalue weighted by Crippen LogP contribution is 2.36. The van der Waals surface area contributed by atoms with Crippen LogP contribution in [0.25, 0.3) is 0 Å². The minimum absolute atomic E-state index is 0.00144. The van der Waals surface area contributed by atoms with E-state index in [0.29, 0.717) is 18.0 Å². The smallest absolute Gasteiger partial charge is 0.229 e. The van der Waals surface area contributed by atoms with Gasteiger partial charge in [-0.2, -0.15) is 0 Å². The minimum Gasteiger partial charge on any atom is -0.462 e. The fourth-order valence-corrected chi connectivity index (χ4v) is 4.06. The maximum Gasteiger partial charge on any atom is 0.229 e. The van der Waals surface area contributed by atoms with Crippen molar-refractivity contribution in [2.45, 2.75) is 25.2 Å². The minimum atomic E-state index is -0.0611. The predicted molar refractivity (Wildman–Crippen MR) is 111 cm³/mol. The first-order valence-electron chi connectivity index (χ1n) is 9.41. The van der Waals surface area contributed by atoms with Crippen LogP contribution >= 0.6 is 11.3 Å². The number of hydrogen-bond acceptors (Lipinski definition) is 6. The Morgan fingerprint density at radius 3 is 2.76 bits per heavy atom. The second-order valence-electron chi connectivity index (χ2n) is 6.67. The molecule has 0 aliphatic carbocycles. The van der Waals surface area contributed by atoms with Gasteiger partial charge < -0.3 is 14.8 Å². The lowest BCUT2D eigenvalue weighted by atomic mass is 9.96. The molecule has 1 aromatic carbocycles. The second-order valence-corrected chi connectivity index (χ2v) is 7.73. The number of nitrogens with one attached hydrogen (secondary N) is 1. The van der Waals surface area contributed by atoms with Crippen LogP contribution in [-0.4, -0.2) is 22.7 Å². The number of amides is 1. The number of rotatable bonds is 8. The molecule has 1 aliphatic heterocycles. The Kier molecular flexibility index (Phi) is 6.16. The highest BCUT2D eigenvalue weighted by Gasteiger charge is 2.25. The van der Waals surface area contributed by atoms with Crippen molar-refractivity contribution in [1.82, 2.24) is 9.97 Å². The molecule has 3 heterocycles. The SMILES string of the molecule is O=C(CCc1cccnc1)Nc1ncc(C(Cc2ccccc2)C2=COCO2)s1. The number of carbonyl (C=O) groups excluding carboxylic acids is 1. The van der Waals surface area contributed by atoms with E-state index in [1.54, 1.807) is 24.9 Å². The van der Waals surface area contributed by atoms with Crippen molar-refractivity contribution in [2.75, 3.05) is 12.1 Å². The number of hydrogen-bond donors (Lipinski definition) is 1. The van der Waals surface area contributed by atoms with Crippen molar-refractivity contribution in [3.63, 3.8) is 0 Å². The van der Waals surface area contributed by atoms with Crippen molar-refractivity contribution in [2.24, 2.45) is 0 Å². The van der Waals surface area contributed by atoms with E-state index in [0.717, 1.165) is 22.6 Å². The Morgan fingerprint density at radius 2 is 2.00 bits per heavy atom. The largest absolute Gasteiger partial charge is 0.462 e. The molecule has 1 unspecified atom stereocenters. The van der Waals surface area contributed by atoms with E-state index in [1.807, 2.05) is 30.3 Å². The molecule has 0 saturated heterocycles. The van der Waals surface area contributed by atoms with Crippen LogP contribution in [0.3, 0.4) is 0 Å². The molecule has 1 atom stereocenters. The molecule has 6 nitrogen and oxygen atoms in total. The van der Waals surface area contributed by atoms with Gasteiger partial charge in [0.05, 0.1) is 5.92 Å². The van der Waals surface area contributed by atoms with Crippen LogP contribution in [0.4, 0.5) is 5.13 Å². The molecule has 3 aromatic rings. The molecule has 1 amide bonds. The number of nitrogens with zero attached hydrogens (tertiary/aromatic N) is 2. The summed E-state index contributed by atoms with van der Waals surface area (Å²) >= 11 is 1.47. The molecule has 1 aliphatic rings. The van der Waals surface area contributed by atoms with Crippen LogP contribution in [-0.2, 0) is 27.1 Å². The Labute approximate surface area is 173 Å². The fraction of sp³-hybridized carbons (Fsp3) is 0.227. The van der Waals surface area contributed by atoms with Crippen molar-refractivity contribution in [3.8, 4) is 0 Å². The van der Waals surface area contributed by atoms with Crippen LogP contribution in [0, 0.1) is 0 Å². The maximum absolute atomic E-state index is 12.3. The molecule has 0 saturated carbocycles. The van der Waals surface area contributed by atoms with Gasteiger partial charge in [0.1, 0.15) is 12.0 Å². The van der Waals surface area contributed by atoms with Gasteiger partial charge in [0, 0.05) is 29.9 Å². The Hall–Kier alpha value is -3.19. The molecule has 29 heavy (non-hydrogen) atoms. The third-order valence-electron chi connectivity index (χ3n) is 4.60. The Morgan fingerprint density at radius 1 is 1.14 bits per heavy atom. The first-order chi connectivity index (χ1) is 14.3. The van der Waals surface area contributed by atoms with Crippen LogP contribution in [0.5, 0.6) is 0 Å². The van der Waals surface area contributed by atoms with Gasteiger partial charge in [-0.15, -0.1) is 11.3 Å². The molecule has 0 spiro atoms. The monoisotopic (exact) mass is 407 g/mol. The number of anilines is 1. The Balaban J connectivity index is 1.41. The van der Waals surface area contributed by atoms with Gasteiger partial charge >= 0.3 is 0 Å². The molecular weight excluding hydrogens is 386 g/mol. The number of benzene rings is 1. The standard InChI is InChI=1S/C22H21N3O3S/c26-21(9-8-17-7-4-10-23-12-17)25-22-24-13-20(29-22)18(19-14-27-15-28-19)11-16-5-2-1-3-6-16/h1-7,10,12-14,18H,8-9,11,15H2,(H,24,25,26). The van der Waals surface area contributed by atoms with Crippen molar-refractivity contribution >= 4 is 22.4 Å². The van der Waals surface area contributed by atoms with Crippen LogP contribution < -0.4 is 5.32 Å². The normalized spacial score (nSPS) is 13.9. The summed E-state index contributed by atoms with van der Waals surface area (Å²) in [7, 11) is 0. The predicted octanol–water partition coefficient (Wildman–Crippen LogP) is 4.28. The molecule has 148 valence electrons. The number of thiazole rings is 1. The van der Waals surface area contributed by atoms with Gasteiger partial charge in [0.25, 0.3) is 0 Å². The van der Waals surface area contributed by atoms with Gasteiger partial charge in [-0.1, -0.05) is 36.4 Å².